The van der Waals surface area contributed by atoms with Gasteiger partial charge in [0, 0.05) is 48.0 Å². The average Bonchev–Trinajstić information content (AvgIpc) is 3.48. The van der Waals surface area contributed by atoms with E-state index >= 15 is 0 Å². The van der Waals surface area contributed by atoms with E-state index in [1.54, 1.807) is 0 Å². The van der Waals surface area contributed by atoms with Crippen molar-refractivity contribution >= 4 is 21.4 Å². The van der Waals surface area contributed by atoms with Gasteiger partial charge in [-0.3, -0.25) is 4.79 Å². The van der Waals surface area contributed by atoms with Gasteiger partial charge in [-0.2, -0.15) is 13.8 Å². The van der Waals surface area contributed by atoms with Gasteiger partial charge in [-0.1, -0.05) is 22.4 Å². The van der Waals surface area contributed by atoms with Crippen LogP contribution in [0.2, 0.25) is 0 Å². The first-order chi connectivity index (χ1) is 20.4. The summed E-state index contributed by atoms with van der Waals surface area (Å²) >= 11 is 0. The van der Waals surface area contributed by atoms with Gasteiger partial charge in [-0.25, -0.2) is 8.42 Å². The zero-order valence-corrected chi connectivity index (χ0v) is 25.0. The van der Waals surface area contributed by atoms with Crippen LogP contribution in [0.1, 0.15) is 94.5 Å². The molecule has 43 heavy (non-hydrogen) atoms. The van der Waals surface area contributed by atoms with E-state index in [0.717, 1.165) is 81.0 Å². The quantitative estimate of drug-likeness (QED) is 0.296. The fourth-order valence-corrected chi connectivity index (χ4v) is 8.75. The molecule has 5 fully saturated rings. The van der Waals surface area contributed by atoms with Crippen LogP contribution in [-0.2, 0) is 26.0 Å². The molecule has 4 saturated carbocycles. The number of rotatable bonds is 8. The molecule has 0 atom stereocenters. The Hall–Kier alpha value is -3.15. The maximum Gasteiger partial charge on any atom is 0.322 e. The third kappa shape index (κ3) is 5.51. The molecule has 8 rings (SSSR count). The van der Waals surface area contributed by atoms with Crippen LogP contribution in [0.4, 0.5) is 14.5 Å². The van der Waals surface area contributed by atoms with Crippen molar-refractivity contribution in [2.75, 3.05) is 23.0 Å². The highest BCUT2D eigenvalue weighted by Gasteiger charge is 2.53. The number of carbonyl (C=O) groups excluding carboxylic acids is 1. The number of anilines is 1. The third-order valence-electron chi connectivity index (χ3n) is 10.3. The number of sulfone groups is 1. The van der Waals surface area contributed by atoms with Crippen LogP contribution < -0.4 is 4.90 Å². The number of carbonyl (C=O) groups is 1. The summed E-state index contributed by atoms with van der Waals surface area (Å²) in [5.41, 5.74) is 1.81. The Morgan fingerprint density at radius 1 is 1.00 bits per heavy atom. The van der Waals surface area contributed by atoms with E-state index in [-0.39, 0.29) is 28.7 Å². The fraction of sp³-hybridized carbons (Fsp3) is 0.613. The molecule has 1 amide bonds. The van der Waals surface area contributed by atoms with E-state index in [4.69, 9.17) is 9.05 Å². The van der Waals surface area contributed by atoms with Gasteiger partial charge in [0.05, 0.1) is 11.5 Å². The van der Waals surface area contributed by atoms with Crippen molar-refractivity contribution in [3.8, 4) is 11.3 Å². The predicted molar refractivity (Wildman–Crippen MR) is 153 cm³/mol. The molecule has 2 aromatic heterocycles. The topological polar surface area (TPSA) is 119 Å². The van der Waals surface area contributed by atoms with Gasteiger partial charge >= 0.3 is 5.92 Å². The molecule has 12 heteroatoms. The molecule has 1 aliphatic heterocycles. The lowest BCUT2D eigenvalue weighted by molar-refractivity contribution is -0.123. The zero-order valence-electron chi connectivity index (χ0n) is 24.2. The monoisotopic (exact) mass is 614 g/mol. The van der Waals surface area contributed by atoms with Crippen molar-refractivity contribution < 1.29 is 31.0 Å². The van der Waals surface area contributed by atoms with Crippen molar-refractivity contribution in [3.63, 3.8) is 0 Å². The largest absolute Gasteiger partial charge is 0.360 e. The Morgan fingerprint density at radius 2 is 1.70 bits per heavy atom. The van der Waals surface area contributed by atoms with Crippen LogP contribution in [0.5, 0.6) is 0 Å². The molecule has 0 spiro atoms. The van der Waals surface area contributed by atoms with E-state index in [1.165, 1.54) is 0 Å². The maximum atomic E-state index is 14.2. The highest BCUT2D eigenvalue weighted by atomic mass is 32.2. The summed E-state index contributed by atoms with van der Waals surface area (Å²) in [7, 11) is -3.12. The SMILES string of the molecule is CC(F)(F)c1nc(C23CCC(CN(C(=O)C4CCS(=O)(=O)CC4)c4cccc(-c5cc(C6CC6)on5)c4)(CC2)CC3)no1. The summed E-state index contributed by atoms with van der Waals surface area (Å²) in [5, 5.41) is 8.26. The summed E-state index contributed by atoms with van der Waals surface area (Å²) in [6.45, 7) is 1.26. The first-order valence-electron chi connectivity index (χ1n) is 15.3. The number of halogens is 2. The molecule has 5 aliphatic rings. The van der Waals surface area contributed by atoms with E-state index in [0.29, 0.717) is 31.1 Å². The van der Waals surface area contributed by atoms with Crippen LogP contribution >= 0.6 is 0 Å². The van der Waals surface area contributed by atoms with Gasteiger partial charge in [0.1, 0.15) is 21.3 Å². The summed E-state index contributed by atoms with van der Waals surface area (Å²) < 4.78 is 62.4. The molecule has 9 nitrogen and oxygen atoms in total. The van der Waals surface area contributed by atoms with E-state index < -0.39 is 27.1 Å². The van der Waals surface area contributed by atoms with Crippen molar-refractivity contribution in [2.24, 2.45) is 11.3 Å². The number of fused-ring (bicyclic) bond motifs is 3. The maximum absolute atomic E-state index is 14.2. The highest BCUT2D eigenvalue weighted by Crippen LogP contribution is 2.58. The second-order valence-corrected chi connectivity index (χ2v) is 15.7. The molecule has 1 aromatic carbocycles. The van der Waals surface area contributed by atoms with E-state index in [1.807, 2.05) is 35.2 Å². The second-order valence-electron chi connectivity index (χ2n) is 13.4. The molecule has 3 heterocycles. The fourth-order valence-electron chi connectivity index (χ4n) is 7.26. The van der Waals surface area contributed by atoms with Crippen molar-refractivity contribution in [3.05, 3.63) is 47.8 Å². The van der Waals surface area contributed by atoms with Crippen LogP contribution in [0.25, 0.3) is 11.3 Å². The number of alkyl halides is 2. The molecule has 3 aromatic rings. The number of hydrogen-bond acceptors (Lipinski definition) is 8. The molecule has 2 bridgehead atoms. The summed E-state index contributed by atoms with van der Waals surface area (Å²) in [4.78, 5) is 20.2. The van der Waals surface area contributed by atoms with Crippen LogP contribution in [0.15, 0.2) is 39.4 Å². The zero-order chi connectivity index (χ0) is 30.0. The van der Waals surface area contributed by atoms with Crippen LogP contribution in [-0.4, -0.2) is 47.7 Å². The molecule has 230 valence electrons. The molecular weight excluding hydrogens is 578 g/mol. The van der Waals surface area contributed by atoms with Crippen LogP contribution in [0.3, 0.4) is 0 Å². The van der Waals surface area contributed by atoms with Gasteiger partial charge in [0.25, 0.3) is 5.89 Å². The Bertz CT molecular complexity index is 1600. The molecular formula is C31H36F2N4O5S. The second kappa shape index (κ2) is 10.2. The lowest BCUT2D eigenvalue weighted by atomic mass is 9.53. The number of nitrogens with zero attached hydrogens (tertiary/aromatic N) is 4. The van der Waals surface area contributed by atoms with Crippen molar-refractivity contribution in [2.45, 2.75) is 88.4 Å². The first kappa shape index (κ1) is 28.6. The minimum Gasteiger partial charge on any atom is -0.360 e. The van der Waals surface area contributed by atoms with Crippen molar-refractivity contribution in [1.82, 2.24) is 15.3 Å². The van der Waals surface area contributed by atoms with Gasteiger partial charge in [0.2, 0.25) is 5.91 Å². The van der Waals surface area contributed by atoms with E-state index in [2.05, 4.69) is 15.3 Å². The van der Waals surface area contributed by atoms with Gasteiger partial charge in [-0.15, -0.1) is 0 Å². The standard InChI is InChI=1S/C31H36F2N4O5S/c1-29(32,33)28-34-27(36-42-28)31-12-9-30(10-13-31,11-14-31)19-37(26(38)21-7-15-43(39,40)16-8-21)23-4-2-3-22(17-23)24-18-25(41-35-24)20-5-6-20/h2-4,17-18,20-21H,5-16,19H2,1H3. The Balaban J connectivity index is 1.15. The predicted octanol–water partition coefficient (Wildman–Crippen LogP) is 6.16. The average molecular weight is 615 g/mol. The first-order valence-corrected chi connectivity index (χ1v) is 17.1. The normalized spacial score (nSPS) is 27.3. The minimum atomic E-state index is -3.19. The molecule has 4 aliphatic carbocycles. The summed E-state index contributed by atoms with van der Waals surface area (Å²) in [5.74, 6) is -2.51. The Kier molecular flexibility index (Phi) is 6.79. The lowest BCUT2D eigenvalue weighted by Gasteiger charge is -2.53. The van der Waals surface area contributed by atoms with Crippen LogP contribution in [0, 0.1) is 11.3 Å². The smallest absolute Gasteiger partial charge is 0.322 e. The van der Waals surface area contributed by atoms with Gasteiger partial charge in [-0.05, 0) is 81.8 Å². The van der Waals surface area contributed by atoms with E-state index in [9.17, 15) is 22.0 Å². The molecule has 0 unspecified atom stereocenters. The lowest BCUT2D eigenvalue weighted by Crippen LogP contribution is -2.52. The highest BCUT2D eigenvalue weighted by molar-refractivity contribution is 7.91. The number of benzene rings is 1. The Labute approximate surface area is 249 Å². The summed E-state index contributed by atoms with van der Waals surface area (Å²) in [6.07, 6.45) is 7.46. The number of hydrogen-bond donors (Lipinski definition) is 0. The minimum absolute atomic E-state index is 0.0251. The number of aromatic nitrogens is 3. The third-order valence-corrected chi connectivity index (χ3v) is 12.0. The van der Waals surface area contributed by atoms with Crippen molar-refractivity contribution in [1.29, 1.82) is 0 Å². The van der Waals surface area contributed by atoms with Gasteiger partial charge < -0.3 is 13.9 Å². The van der Waals surface area contributed by atoms with Gasteiger partial charge in [0.15, 0.2) is 5.82 Å². The molecule has 1 saturated heterocycles. The Morgan fingerprint density at radius 3 is 2.33 bits per heavy atom. The summed E-state index contributed by atoms with van der Waals surface area (Å²) in [6, 6.07) is 9.77. The molecule has 0 N–H and O–H groups in total. The number of amides is 1. The molecule has 0 radical (unpaired) electrons.